The fraction of sp³-hybridized carbons (Fsp3) is 0.562. The number of halogens is 1. The molecule has 1 aromatic rings. The summed E-state index contributed by atoms with van der Waals surface area (Å²) in [4.78, 5) is 6.51. The number of nitrogens with zero attached hydrogens (tertiary/aromatic N) is 3. The number of guanidine groups is 1. The lowest BCUT2D eigenvalue weighted by Crippen LogP contribution is -2.39. The van der Waals surface area contributed by atoms with E-state index in [0.717, 1.165) is 45.1 Å². The number of rotatable bonds is 5. The molecule has 2 heterocycles. The second-order valence-corrected chi connectivity index (χ2v) is 5.38. The first kappa shape index (κ1) is 19.0. The Kier molecular flexibility index (Phi) is 8.55. The molecular weight excluding hydrogens is 391 g/mol. The van der Waals surface area contributed by atoms with Crippen molar-refractivity contribution in [3.8, 4) is 0 Å². The van der Waals surface area contributed by atoms with Crippen molar-refractivity contribution in [2.45, 2.75) is 19.4 Å². The fourth-order valence-electron chi connectivity index (χ4n) is 2.49. The van der Waals surface area contributed by atoms with E-state index >= 15 is 0 Å². The molecule has 0 unspecified atom stereocenters. The second kappa shape index (κ2) is 9.89. The van der Waals surface area contributed by atoms with Crippen molar-refractivity contribution in [3.63, 3.8) is 0 Å². The highest BCUT2D eigenvalue weighted by Crippen LogP contribution is 2.11. The zero-order valence-electron chi connectivity index (χ0n) is 13.7. The monoisotopic (exact) mass is 418 g/mol. The van der Waals surface area contributed by atoms with Crippen molar-refractivity contribution in [2.75, 3.05) is 33.9 Å². The number of nitrogens with one attached hydrogen (secondary N) is 1. The molecule has 6 heteroatoms. The number of aliphatic imine (C=N–C) groups is 1. The number of hydrogen-bond donors (Lipinski definition) is 1. The molecule has 1 aromatic heterocycles. The van der Waals surface area contributed by atoms with Crippen molar-refractivity contribution in [2.24, 2.45) is 12.0 Å². The molecular formula is C16H27IN4O. The molecule has 1 aliphatic rings. The van der Waals surface area contributed by atoms with Crippen LogP contribution in [-0.4, -0.2) is 49.3 Å². The van der Waals surface area contributed by atoms with Crippen molar-refractivity contribution < 1.29 is 4.74 Å². The highest BCUT2D eigenvalue weighted by atomic mass is 127. The summed E-state index contributed by atoms with van der Waals surface area (Å²) in [5.41, 5.74) is 2.75. The van der Waals surface area contributed by atoms with Crippen molar-refractivity contribution in [3.05, 3.63) is 35.7 Å². The average molecular weight is 418 g/mol. The van der Waals surface area contributed by atoms with Crippen molar-refractivity contribution in [1.82, 2.24) is 14.8 Å². The standard InChI is InChI=1S/C16H26N4O.HI/c1-17-16(18-9-6-14-7-11-21-12-8-14)20(3)13-15-5-4-10-19(15)2;/h4-5,7,10H,6,8-9,11-13H2,1-3H3,(H,17,18);1H. The van der Waals surface area contributed by atoms with Gasteiger partial charge >= 0.3 is 0 Å². The molecule has 0 saturated carbocycles. The van der Waals surface area contributed by atoms with Gasteiger partial charge in [-0.1, -0.05) is 11.6 Å². The summed E-state index contributed by atoms with van der Waals surface area (Å²) in [6, 6.07) is 4.20. The van der Waals surface area contributed by atoms with Crippen LogP contribution < -0.4 is 5.32 Å². The van der Waals surface area contributed by atoms with E-state index in [-0.39, 0.29) is 24.0 Å². The van der Waals surface area contributed by atoms with Gasteiger partial charge in [0.2, 0.25) is 0 Å². The van der Waals surface area contributed by atoms with Gasteiger partial charge in [0.25, 0.3) is 0 Å². The summed E-state index contributed by atoms with van der Waals surface area (Å²) in [7, 11) is 5.96. The molecule has 0 atom stereocenters. The Morgan fingerprint density at radius 1 is 1.50 bits per heavy atom. The first-order valence-electron chi connectivity index (χ1n) is 7.48. The van der Waals surface area contributed by atoms with Crippen LogP contribution in [-0.2, 0) is 18.3 Å². The Bertz CT molecular complexity index is 510. The Morgan fingerprint density at radius 2 is 2.32 bits per heavy atom. The first-order chi connectivity index (χ1) is 10.2. The van der Waals surface area contributed by atoms with Gasteiger partial charge in [0.15, 0.2) is 5.96 Å². The molecule has 0 radical (unpaired) electrons. The third kappa shape index (κ3) is 5.64. The van der Waals surface area contributed by atoms with E-state index in [4.69, 9.17) is 4.74 Å². The molecule has 5 nitrogen and oxygen atoms in total. The van der Waals surface area contributed by atoms with Gasteiger partial charge in [-0.25, -0.2) is 0 Å². The molecule has 0 aromatic carbocycles. The summed E-state index contributed by atoms with van der Waals surface area (Å²) in [5, 5.41) is 3.43. The maximum Gasteiger partial charge on any atom is 0.193 e. The summed E-state index contributed by atoms with van der Waals surface area (Å²) in [6.07, 6.45) is 6.37. The molecule has 0 bridgehead atoms. The van der Waals surface area contributed by atoms with Gasteiger partial charge in [0.1, 0.15) is 0 Å². The van der Waals surface area contributed by atoms with Crippen LogP contribution in [0.2, 0.25) is 0 Å². The molecule has 22 heavy (non-hydrogen) atoms. The summed E-state index contributed by atoms with van der Waals surface area (Å²) >= 11 is 0. The zero-order valence-corrected chi connectivity index (χ0v) is 16.0. The van der Waals surface area contributed by atoms with Gasteiger partial charge < -0.3 is 19.5 Å². The first-order valence-corrected chi connectivity index (χ1v) is 7.48. The minimum Gasteiger partial charge on any atom is -0.377 e. The van der Waals surface area contributed by atoms with Crippen LogP contribution in [0.3, 0.4) is 0 Å². The smallest absolute Gasteiger partial charge is 0.193 e. The third-order valence-corrected chi connectivity index (χ3v) is 3.81. The zero-order chi connectivity index (χ0) is 15.1. The lowest BCUT2D eigenvalue weighted by atomic mass is 10.1. The summed E-state index contributed by atoms with van der Waals surface area (Å²) in [5.74, 6) is 0.934. The van der Waals surface area contributed by atoms with E-state index in [0.29, 0.717) is 0 Å². The van der Waals surface area contributed by atoms with Crippen molar-refractivity contribution >= 4 is 29.9 Å². The van der Waals surface area contributed by atoms with Gasteiger partial charge in [-0.3, -0.25) is 4.99 Å². The SMILES string of the molecule is CN=C(NCCC1=CCOCC1)N(C)Cc1cccn1C.I. The average Bonchev–Trinajstić information content (AvgIpc) is 2.90. The summed E-state index contributed by atoms with van der Waals surface area (Å²) < 4.78 is 7.46. The Labute approximate surface area is 150 Å². The minimum atomic E-state index is 0. The van der Waals surface area contributed by atoms with Crippen LogP contribution in [0.4, 0.5) is 0 Å². The van der Waals surface area contributed by atoms with E-state index in [1.165, 1.54) is 11.3 Å². The topological polar surface area (TPSA) is 41.8 Å². The Hall–Kier alpha value is -1.02. The van der Waals surface area contributed by atoms with Gasteiger partial charge in [-0.15, -0.1) is 24.0 Å². The van der Waals surface area contributed by atoms with Gasteiger partial charge in [0.05, 0.1) is 19.8 Å². The van der Waals surface area contributed by atoms with E-state index in [9.17, 15) is 0 Å². The second-order valence-electron chi connectivity index (χ2n) is 5.38. The number of aromatic nitrogens is 1. The van der Waals surface area contributed by atoms with E-state index in [1.807, 2.05) is 7.05 Å². The molecule has 0 fully saturated rings. The van der Waals surface area contributed by atoms with Gasteiger partial charge in [-0.2, -0.15) is 0 Å². The number of ether oxygens (including phenoxy) is 1. The highest BCUT2D eigenvalue weighted by molar-refractivity contribution is 14.0. The summed E-state index contributed by atoms with van der Waals surface area (Å²) in [6.45, 7) is 3.38. The molecule has 1 N–H and O–H groups in total. The molecule has 124 valence electrons. The normalized spacial score (nSPS) is 15.0. The maximum atomic E-state index is 5.33. The Morgan fingerprint density at radius 3 is 2.91 bits per heavy atom. The predicted molar refractivity (Wildman–Crippen MR) is 102 cm³/mol. The molecule has 0 saturated heterocycles. The van der Waals surface area contributed by atoms with Crippen LogP contribution in [0.1, 0.15) is 18.5 Å². The van der Waals surface area contributed by atoms with Crippen LogP contribution in [0.25, 0.3) is 0 Å². The molecule has 0 amide bonds. The van der Waals surface area contributed by atoms with E-state index in [1.54, 1.807) is 0 Å². The number of hydrogen-bond acceptors (Lipinski definition) is 2. The molecule has 2 rings (SSSR count). The van der Waals surface area contributed by atoms with Crippen LogP contribution >= 0.6 is 24.0 Å². The third-order valence-electron chi connectivity index (χ3n) is 3.81. The van der Waals surface area contributed by atoms with Crippen molar-refractivity contribution in [1.29, 1.82) is 0 Å². The van der Waals surface area contributed by atoms with E-state index in [2.05, 4.69) is 58.3 Å². The van der Waals surface area contributed by atoms with Crippen LogP contribution in [0.5, 0.6) is 0 Å². The lowest BCUT2D eigenvalue weighted by molar-refractivity contribution is 0.153. The van der Waals surface area contributed by atoms with Gasteiger partial charge in [0, 0.05) is 39.6 Å². The maximum absolute atomic E-state index is 5.33. The highest BCUT2D eigenvalue weighted by Gasteiger charge is 2.09. The Balaban J connectivity index is 0.00000242. The van der Waals surface area contributed by atoms with Crippen LogP contribution in [0, 0.1) is 0 Å². The predicted octanol–water partition coefficient (Wildman–Crippen LogP) is 2.39. The van der Waals surface area contributed by atoms with Crippen LogP contribution in [0.15, 0.2) is 35.0 Å². The fourth-order valence-corrected chi connectivity index (χ4v) is 2.49. The minimum absolute atomic E-state index is 0. The molecule has 0 aliphatic carbocycles. The largest absolute Gasteiger partial charge is 0.377 e. The quantitative estimate of drug-likeness (QED) is 0.346. The number of aryl methyl sites for hydroxylation is 1. The molecule has 0 spiro atoms. The molecule has 1 aliphatic heterocycles. The van der Waals surface area contributed by atoms with E-state index < -0.39 is 0 Å². The lowest BCUT2D eigenvalue weighted by Gasteiger charge is -2.23. The van der Waals surface area contributed by atoms with Gasteiger partial charge in [-0.05, 0) is 25.0 Å².